The molecule has 3 nitrogen and oxygen atoms in total. The van der Waals surface area contributed by atoms with Crippen molar-refractivity contribution in [2.75, 3.05) is 4.72 Å². The molecular weight excluding hydrogens is 420 g/mol. The number of anilines is 1. The monoisotopic (exact) mass is 427 g/mol. The van der Waals surface area contributed by atoms with Crippen molar-refractivity contribution in [3.8, 4) is 0 Å². The van der Waals surface area contributed by atoms with E-state index in [4.69, 9.17) is 23.2 Å². The van der Waals surface area contributed by atoms with E-state index in [1.807, 2.05) is 0 Å². The van der Waals surface area contributed by atoms with E-state index in [2.05, 4.69) is 27.3 Å². The lowest BCUT2D eigenvalue weighted by Gasteiger charge is -2.09. The van der Waals surface area contributed by atoms with Crippen molar-refractivity contribution < 1.29 is 8.42 Å². The van der Waals surface area contributed by atoms with Gasteiger partial charge in [-0.25, -0.2) is 8.42 Å². The van der Waals surface area contributed by atoms with Crippen LogP contribution >= 0.6 is 45.8 Å². The topological polar surface area (TPSA) is 46.2 Å². The molecule has 0 fully saturated rings. The second-order valence-electron chi connectivity index (χ2n) is 3.69. The smallest absolute Gasteiger partial charge is 0.263 e. The molecule has 0 unspecified atom stereocenters. The first kappa shape index (κ1) is 14.9. The first-order chi connectivity index (χ1) is 8.88. The second-order valence-corrected chi connectivity index (χ2v) is 7.43. The molecule has 0 aromatic heterocycles. The van der Waals surface area contributed by atoms with E-state index >= 15 is 0 Å². The Morgan fingerprint density at radius 3 is 2.26 bits per heavy atom. The predicted octanol–water partition coefficient (Wildman–Crippen LogP) is 4.40. The summed E-state index contributed by atoms with van der Waals surface area (Å²) >= 11 is 13.8. The maximum atomic E-state index is 12.2. The summed E-state index contributed by atoms with van der Waals surface area (Å²) in [6.45, 7) is 0. The SMILES string of the molecule is O=S(=O)(Nc1ccc(I)cc1)c1cc(Cl)ccc1Cl. The summed E-state index contributed by atoms with van der Waals surface area (Å²) in [5.74, 6) is 0. The van der Waals surface area contributed by atoms with Gasteiger partial charge in [-0.05, 0) is 65.1 Å². The number of benzene rings is 2. The molecule has 2 aromatic rings. The molecule has 19 heavy (non-hydrogen) atoms. The zero-order chi connectivity index (χ0) is 14.0. The minimum atomic E-state index is -3.75. The molecule has 0 radical (unpaired) electrons. The van der Waals surface area contributed by atoms with Crippen LogP contribution in [0.15, 0.2) is 47.4 Å². The fourth-order valence-electron chi connectivity index (χ4n) is 1.41. The van der Waals surface area contributed by atoms with Crippen molar-refractivity contribution >= 4 is 61.5 Å². The summed E-state index contributed by atoms with van der Waals surface area (Å²) in [4.78, 5) is -0.0415. The Morgan fingerprint density at radius 1 is 1.00 bits per heavy atom. The summed E-state index contributed by atoms with van der Waals surface area (Å²) in [6.07, 6.45) is 0. The molecule has 2 rings (SSSR count). The molecule has 0 bridgehead atoms. The molecule has 0 heterocycles. The van der Waals surface area contributed by atoms with Crippen LogP contribution < -0.4 is 4.72 Å². The normalized spacial score (nSPS) is 11.3. The van der Waals surface area contributed by atoms with Crippen LogP contribution in [0.5, 0.6) is 0 Å². The van der Waals surface area contributed by atoms with Crippen LogP contribution in [-0.2, 0) is 10.0 Å². The fraction of sp³-hybridized carbons (Fsp3) is 0. The molecule has 0 spiro atoms. The highest BCUT2D eigenvalue weighted by molar-refractivity contribution is 14.1. The predicted molar refractivity (Wildman–Crippen MR) is 86.4 cm³/mol. The average Bonchev–Trinajstić information content (AvgIpc) is 2.35. The van der Waals surface area contributed by atoms with E-state index in [-0.39, 0.29) is 9.92 Å². The van der Waals surface area contributed by atoms with Crippen LogP contribution in [0.1, 0.15) is 0 Å². The summed E-state index contributed by atoms with van der Waals surface area (Å²) in [6, 6.07) is 11.3. The standard InChI is InChI=1S/C12H8Cl2INO2S/c13-8-1-6-11(14)12(7-8)19(17,18)16-10-4-2-9(15)3-5-10/h1-7,16H. The first-order valence-electron chi connectivity index (χ1n) is 5.12. The molecule has 0 aliphatic heterocycles. The molecule has 0 aliphatic carbocycles. The van der Waals surface area contributed by atoms with Crippen molar-refractivity contribution in [2.45, 2.75) is 4.90 Å². The van der Waals surface area contributed by atoms with Gasteiger partial charge in [-0.1, -0.05) is 23.2 Å². The lowest BCUT2D eigenvalue weighted by atomic mass is 10.3. The van der Waals surface area contributed by atoms with E-state index < -0.39 is 10.0 Å². The lowest BCUT2D eigenvalue weighted by molar-refractivity contribution is 0.601. The van der Waals surface area contributed by atoms with Gasteiger partial charge in [0.25, 0.3) is 10.0 Å². The number of halogens is 3. The van der Waals surface area contributed by atoms with Gasteiger partial charge in [0, 0.05) is 14.3 Å². The number of hydrogen-bond donors (Lipinski definition) is 1. The molecule has 7 heteroatoms. The van der Waals surface area contributed by atoms with Gasteiger partial charge < -0.3 is 0 Å². The molecule has 0 saturated heterocycles. The van der Waals surface area contributed by atoms with Gasteiger partial charge in [0.2, 0.25) is 0 Å². The summed E-state index contributed by atoms with van der Waals surface area (Å²) in [5.41, 5.74) is 0.469. The van der Waals surface area contributed by atoms with E-state index in [1.165, 1.54) is 18.2 Å². The van der Waals surface area contributed by atoms with Crippen LogP contribution in [0.3, 0.4) is 0 Å². The molecule has 0 aliphatic rings. The number of sulfonamides is 1. The maximum Gasteiger partial charge on any atom is 0.263 e. The third kappa shape index (κ3) is 3.75. The van der Waals surface area contributed by atoms with Crippen LogP contribution in [0.4, 0.5) is 5.69 Å². The van der Waals surface area contributed by atoms with Gasteiger partial charge in [0.1, 0.15) is 4.90 Å². The largest absolute Gasteiger partial charge is 0.280 e. The van der Waals surface area contributed by atoms with E-state index in [0.29, 0.717) is 10.7 Å². The van der Waals surface area contributed by atoms with Gasteiger partial charge in [0.15, 0.2) is 0 Å². The van der Waals surface area contributed by atoms with Crippen LogP contribution in [0.2, 0.25) is 10.0 Å². The van der Waals surface area contributed by atoms with Crippen molar-refractivity contribution in [3.63, 3.8) is 0 Å². The number of hydrogen-bond acceptors (Lipinski definition) is 2. The van der Waals surface area contributed by atoms with Gasteiger partial charge in [-0.3, -0.25) is 4.72 Å². The Hall–Kier alpha value is -0.500. The van der Waals surface area contributed by atoms with Gasteiger partial charge >= 0.3 is 0 Å². The van der Waals surface area contributed by atoms with Crippen LogP contribution in [0.25, 0.3) is 0 Å². The first-order valence-corrected chi connectivity index (χ1v) is 8.44. The van der Waals surface area contributed by atoms with E-state index in [0.717, 1.165) is 3.57 Å². The maximum absolute atomic E-state index is 12.2. The van der Waals surface area contributed by atoms with Crippen molar-refractivity contribution in [2.24, 2.45) is 0 Å². The summed E-state index contributed by atoms with van der Waals surface area (Å²) in [5, 5.41) is 0.440. The highest BCUT2D eigenvalue weighted by Gasteiger charge is 2.18. The molecule has 0 amide bonds. The zero-order valence-corrected chi connectivity index (χ0v) is 13.9. The highest BCUT2D eigenvalue weighted by atomic mass is 127. The van der Waals surface area contributed by atoms with Crippen molar-refractivity contribution in [3.05, 3.63) is 56.1 Å². The average molecular weight is 428 g/mol. The lowest BCUT2D eigenvalue weighted by Crippen LogP contribution is -2.13. The van der Waals surface area contributed by atoms with Gasteiger partial charge in [-0.15, -0.1) is 0 Å². The molecule has 0 atom stereocenters. The molecular formula is C12H8Cl2INO2S. The van der Waals surface area contributed by atoms with Crippen molar-refractivity contribution in [1.82, 2.24) is 0 Å². The quantitative estimate of drug-likeness (QED) is 0.738. The fourth-order valence-corrected chi connectivity index (χ4v) is 3.59. The highest BCUT2D eigenvalue weighted by Crippen LogP contribution is 2.26. The minimum absolute atomic E-state index is 0.0415. The Bertz CT molecular complexity index is 702. The van der Waals surface area contributed by atoms with E-state index in [1.54, 1.807) is 24.3 Å². The Labute approximate surface area is 135 Å². The Kier molecular flexibility index (Phi) is 4.60. The van der Waals surface area contributed by atoms with Crippen LogP contribution in [0, 0.1) is 3.57 Å². The molecule has 2 aromatic carbocycles. The molecule has 1 N–H and O–H groups in total. The summed E-state index contributed by atoms with van der Waals surface area (Å²) < 4.78 is 27.9. The Balaban J connectivity index is 2.37. The zero-order valence-electron chi connectivity index (χ0n) is 9.40. The van der Waals surface area contributed by atoms with E-state index in [9.17, 15) is 8.42 Å². The third-order valence-electron chi connectivity index (χ3n) is 2.28. The molecule has 0 saturated carbocycles. The number of nitrogens with one attached hydrogen (secondary N) is 1. The molecule has 100 valence electrons. The van der Waals surface area contributed by atoms with Gasteiger partial charge in [-0.2, -0.15) is 0 Å². The Morgan fingerprint density at radius 2 is 1.63 bits per heavy atom. The number of rotatable bonds is 3. The third-order valence-corrected chi connectivity index (χ3v) is 5.10. The van der Waals surface area contributed by atoms with Gasteiger partial charge in [0.05, 0.1) is 5.02 Å². The van der Waals surface area contributed by atoms with Crippen molar-refractivity contribution in [1.29, 1.82) is 0 Å². The van der Waals surface area contributed by atoms with Crippen LogP contribution in [-0.4, -0.2) is 8.42 Å². The summed E-state index contributed by atoms with van der Waals surface area (Å²) in [7, 11) is -3.75. The minimum Gasteiger partial charge on any atom is -0.280 e. The second kappa shape index (κ2) is 5.87.